The Morgan fingerprint density at radius 1 is 1.12 bits per heavy atom. The van der Waals surface area contributed by atoms with E-state index in [0.29, 0.717) is 11.5 Å². The number of halogens is 1. The molecule has 0 saturated carbocycles. The minimum atomic E-state index is -0.277. The van der Waals surface area contributed by atoms with Gasteiger partial charge >= 0.3 is 0 Å². The van der Waals surface area contributed by atoms with Gasteiger partial charge in [0, 0.05) is 15.7 Å². The number of hydrogen-bond donors (Lipinski definition) is 2. The lowest BCUT2D eigenvalue weighted by Gasteiger charge is -2.16. The second-order valence-electron chi connectivity index (χ2n) is 5.94. The van der Waals surface area contributed by atoms with Gasteiger partial charge in [-0.3, -0.25) is 9.59 Å². The third-order valence-corrected chi connectivity index (χ3v) is 4.18. The first-order valence-corrected chi connectivity index (χ1v) is 8.61. The molecule has 2 N–H and O–H groups in total. The predicted octanol–water partition coefficient (Wildman–Crippen LogP) is 4.25. The van der Waals surface area contributed by atoms with E-state index in [-0.39, 0.29) is 18.4 Å². The van der Waals surface area contributed by atoms with Gasteiger partial charge in [-0.2, -0.15) is 0 Å². The van der Waals surface area contributed by atoms with Gasteiger partial charge in [0.2, 0.25) is 5.91 Å². The molecule has 5 heteroatoms. The number of anilines is 1. The third-order valence-electron chi connectivity index (χ3n) is 3.69. The summed E-state index contributed by atoms with van der Waals surface area (Å²) < 4.78 is 0.820. The maximum Gasteiger partial charge on any atom is 0.251 e. The van der Waals surface area contributed by atoms with Crippen molar-refractivity contribution in [1.82, 2.24) is 5.32 Å². The number of nitrogens with one attached hydrogen (secondary N) is 2. The van der Waals surface area contributed by atoms with Crippen molar-refractivity contribution >= 4 is 33.4 Å². The normalized spacial score (nSPS) is 10.5. The molecule has 2 aromatic rings. The SMILES string of the molecule is Cc1cccc(C(C)C)c1NC(=O)CNC(=O)c1cccc(Br)c1. The maximum atomic E-state index is 12.2. The zero-order valence-electron chi connectivity index (χ0n) is 14.0. The highest BCUT2D eigenvalue weighted by atomic mass is 79.9. The summed E-state index contributed by atoms with van der Waals surface area (Å²) in [5.41, 5.74) is 3.43. The van der Waals surface area contributed by atoms with Crippen molar-refractivity contribution in [3.63, 3.8) is 0 Å². The van der Waals surface area contributed by atoms with Crippen molar-refractivity contribution in [1.29, 1.82) is 0 Å². The average molecular weight is 389 g/mol. The summed E-state index contributed by atoms with van der Waals surface area (Å²) in [6, 6.07) is 13.0. The summed E-state index contributed by atoms with van der Waals surface area (Å²) in [6.07, 6.45) is 0. The number of benzene rings is 2. The van der Waals surface area contributed by atoms with Gasteiger partial charge in [0.05, 0.1) is 6.54 Å². The Labute approximate surface area is 150 Å². The average Bonchev–Trinajstić information content (AvgIpc) is 2.54. The molecule has 0 radical (unpaired) electrons. The van der Waals surface area contributed by atoms with Gasteiger partial charge in [0.1, 0.15) is 0 Å². The van der Waals surface area contributed by atoms with E-state index in [2.05, 4.69) is 40.4 Å². The van der Waals surface area contributed by atoms with E-state index < -0.39 is 0 Å². The molecule has 0 bridgehead atoms. The molecule has 0 aliphatic heterocycles. The molecule has 0 aliphatic rings. The fourth-order valence-corrected chi connectivity index (χ4v) is 2.82. The van der Waals surface area contributed by atoms with Crippen LogP contribution in [0, 0.1) is 6.92 Å². The molecule has 0 spiro atoms. The number of para-hydroxylation sites is 1. The molecule has 24 heavy (non-hydrogen) atoms. The van der Waals surface area contributed by atoms with Crippen LogP contribution in [0.2, 0.25) is 0 Å². The van der Waals surface area contributed by atoms with Gasteiger partial charge in [-0.25, -0.2) is 0 Å². The molecule has 126 valence electrons. The van der Waals surface area contributed by atoms with Crippen molar-refractivity contribution < 1.29 is 9.59 Å². The lowest BCUT2D eigenvalue weighted by molar-refractivity contribution is -0.115. The Hall–Kier alpha value is -2.14. The number of rotatable bonds is 5. The van der Waals surface area contributed by atoms with Crippen LogP contribution in [-0.2, 0) is 4.79 Å². The molecule has 0 saturated heterocycles. The van der Waals surface area contributed by atoms with Gasteiger partial charge in [0.25, 0.3) is 5.91 Å². The maximum absolute atomic E-state index is 12.2. The van der Waals surface area contributed by atoms with E-state index in [1.54, 1.807) is 18.2 Å². The van der Waals surface area contributed by atoms with Crippen LogP contribution in [0.1, 0.15) is 41.3 Å². The molecule has 0 aliphatic carbocycles. The zero-order valence-corrected chi connectivity index (χ0v) is 15.6. The summed E-state index contributed by atoms with van der Waals surface area (Å²) in [5, 5.41) is 5.56. The van der Waals surface area contributed by atoms with Crippen LogP contribution in [0.15, 0.2) is 46.9 Å². The smallest absolute Gasteiger partial charge is 0.251 e. The fourth-order valence-electron chi connectivity index (χ4n) is 2.42. The van der Waals surface area contributed by atoms with E-state index in [4.69, 9.17) is 0 Å². The molecule has 0 unspecified atom stereocenters. The number of carbonyl (C=O) groups is 2. The summed E-state index contributed by atoms with van der Waals surface area (Å²) in [5.74, 6) is -0.216. The summed E-state index contributed by atoms with van der Waals surface area (Å²) in [4.78, 5) is 24.3. The largest absolute Gasteiger partial charge is 0.343 e. The summed E-state index contributed by atoms with van der Waals surface area (Å²) in [7, 11) is 0. The quantitative estimate of drug-likeness (QED) is 0.803. The monoisotopic (exact) mass is 388 g/mol. The van der Waals surface area contributed by atoms with Gasteiger partial charge in [-0.1, -0.05) is 54.0 Å². The number of carbonyl (C=O) groups excluding carboxylic acids is 2. The highest BCUT2D eigenvalue weighted by Crippen LogP contribution is 2.27. The lowest BCUT2D eigenvalue weighted by Crippen LogP contribution is -2.33. The van der Waals surface area contributed by atoms with Crippen molar-refractivity contribution in [3.8, 4) is 0 Å². The Kier molecular flexibility index (Phi) is 6.15. The highest BCUT2D eigenvalue weighted by Gasteiger charge is 2.13. The van der Waals surface area contributed by atoms with Crippen molar-refractivity contribution in [2.45, 2.75) is 26.7 Å². The first-order chi connectivity index (χ1) is 11.4. The molecule has 2 aromatic carbocycles. The topological polar surface area (TPSA) is 58.2 Å². The minimum absolute atomic E-state index is 0.0722. The molecule has 4 nitrogen and oxygen atoms in total. The number of hydrogen-bond acceptors (Lipinski definition) is 2. The van der Waals surface area contributed by atoms with E-state index in [1.807, 2.05) is 31.2 Å². The molecule has 0 atom stereocenters. The van der Waals surface area contributed by atoms with Crippen molar-refractivity contribution in [2.75, 3.05) is 11.9 Å². The van der Waals surface area contributed by atoms with Crippen LogP contribution in [0.5, 0.6) is 0 Å². The third kappa shape index (κ3) is 4.68. The van der Waals surface area contributed by atoms with Gasteiger partial charge in [-0.05, 0) is 42.2 Å². The Bertz CT molecular complexity index is 757. The van der Waals surface area contributed by atoms with Gasteiger partial charge in [0.15, 0.2) is 0 Å². The van der Waals surface area contributed by atoms with E-state index >= 15 is 0 Å². The van der Waals surface area contributed by atoms with E-state index in [9.17, 15) is 9.59 Å². The molecular weight excluding hydrogens is 368 g/mol. The standard InChI is InChI=1S/C19H21BrN2O2/c1-12(2)16-9-4-6-13(3)18(16)22-17(23)11-21-19(24)14-7-5-8-15(20)10-14/h4-10,12H,11H2,1-3H3,(H,21,24)(H,22,23). The first-order valence-electron chi connectivity index (χ1n) is 7.81. The van der Waals surface area contributed by atoms with E-state index in [1.165, 1.54) is 0 Å². The van der Waals surface area contributed by atoms with Crippen molar-refractivity contribution in [2.24, 2.45) is 0 Å². The van der Waals surface area contributed by atoms with Crippen LogP contribution >= 0.6 is 15.9 Å². The Morgan fingerprint density at radius 3 is 2.50 bits per heavy atom. The number of aryl methyl sites for hydroxylation is 1. The van der Waals surface area contributed by atoms with Crippen LogP contribution in [0.4, 0.5) is 5.69 Å². The Balaban J connectivity index is 2.01. The highest BCUT2D eigenvalue weighted by molar-refractivity contribution is 9.10. The van der Waals surface area contributed by atoms with Crippen LogP contribution < -0.4 is 10.6 Å². The summed E-state index contributed by atoms with van der Waals surface area (Å²) >= 11 is 3.32. The molecule has 2 rings (SSSR count). The minimum Gasteiger partial charge on any atom is -0.343 e. The Morgan fingerprint density at radius 2 is 1.83 bits per heavy atom. The van der Waals surface area contributed by atoms with Crippen LogP contribution in [0.3, 0.4) is 0 Å². The van der Waals surface area contributed by atoms with Gasteiger partial charge in [-0.15, -0.1) is 0 Å². The number of amides is 2. The molecule has 0 aromatic heterocycles. The first kappa shape index (κ1) is 18.2. The van der Waals surface area contributed by atoms with E-state index in [0.717, 1.165) is 21.3 Å². The predicted molar refractivity (Wildman–Crippen MR) is 100 cm³/mol. The summed E-state index contributed by atoms with van der Waals surface area (Å²) in [6.45, 7) is 6.05. The fraction of sp³-hybridized carbons (Fsp3) is 0.263. The van der Waals surface area contributed by atoms with Crippen LogP contribution in [0.25, 0.3) is 0 Å². The second-order valence-corrected chi connectivity index (χ2v) is 6.85. The molecule has 2 amide bonds. The lowest BCUT2D eigenvalue weighted by atomic mass is 9.98. The van der Waals surface area contributed by atoms with Crippen molar-refractivity contribution in [3.05, 3.63) is 63.6 Å². The van der Waals surface area contributed by atoms with Crippen LogP contribution in [-0.4, -0.2) is 18.4 Å². The zero-order chi connectivity index (χ0) is 17.7. The second kappa shape index (κ2) is 8.11. The molecular formula is C19H21BrN2O2. The van der Waals surface area contributed by atoms with Gasteiger partial charge < -0.3 is 10.6 Å². The molecule has 0 heterocycles. The molecule has 0 fully saturated rings.